The van der Waals surface area contributed by atoms with Gasteiger partial charge < -0.3 is 11.1 Å². The first-order valence-electron chi connectivity index (χ1n) is 5.94. The number of hydrogen-bond acceptors (Lipinski definition) is 3. The van der Waals surface area contributed by atoms with Crippen LogP contribution in [-0.2, 0) is 6.42 Å². The number of thiophene rings is 1. The number of hydrogen-bond donors (Lipinski definition) is 2. The molecule has 0 spiro atoms. The van der Waals surface area contributed by atoms with E-state index in [1.165, 1.54) is 11.3 Å². The largest absolute Gasteiger partial charge is 0.399 e. The Kier molecular flexibility index (Phi) is 4.45. The fourth-order valence-electron chi connectivity index (χ4n) is 1.67. The summed E-state index contributed by atoms with van der Waals surface area (Å²) in [6, 6.07) is 7.64. The maximum absolute atomic E-state index is 11.9. The van der Waals surface area contributed by atoms with E-state index in [9.17, 15) is 4.79 Å². The molecule has 1 heterocycles. The highest BCUT2D eigenvalue weighted by Gasteiger charge is 2.13. The Balaban J connectivity index is 1.87. The Bertz CT molecular complexity index is 578. The van der Waals surface area contributed by atoms with Gasteiger partial charge in [-0.15, -0.1) is 11.3 Å². The summed E-state index contributed by atoms with van der Waals surface area (Å²) in [5.41, 5.74) is 8.44. The quantitative estimate of drug-likeness (QED) is 0.850. The first-order chi connectivity index (χ1) is 9.08. The summed E-state index contributed by atoms with van der Waals surface area (Å²) >= 11 is 7.42. The second-order valence-electron chi connectivity index (χ2n) is 4.31. The molecule has 3 nitrogen and oxygen atoms in total. The molecule has 5 heteroatoms. The maximum atomic E-state index is 11.9. The van der Waals surface area contributed by atoms with Gasteiger partial charge in [0, 0.05) is 12.2 Å². The molecule has 0 bridgehead atoms. The summed E-state index contributed by atoms with van der Waals surface area (Å²) in [4.78, 5) is 12.5. The minimum atomic E-state index is -0.112. The van der Waals surface area contributed by atoms with Crippen molar-refractivity contribution < 1.29 is 4.79 Å². The number of rotatable bonds is 4. The number of carbonyl (C=O) groups is 1. The van der Waals surface area contributed by atoms with Crippen molar-refractivity contribution in [2.24, 2.45) is 0 Å². The highest BCUT2D eigenvalue weighted by atomic mass is 35.5. The lowest BCUT2D eigenvalue weighted by molar-refractivity contribution is 0.0958. The number of benzene rings is 1. The van der Waals surface area contributed by atoms with E-state index < -0.39 is 0 Å². The van der Waals surface area contributed by atoms with Gasteiger partial charge in [-0.2, -0.15) is 0 Å². The van der Waals surface area contributed by atoms with Crippen LogP contribution in [0.4, 0.5) is 5.69 Å². The molecule has 0 saturated carbocycles. The SMILES string of the molecule is Cc1csc(C(=O)NCCc2ccc(N)cc2)c1Cl. The topological polar surface area (TPSA) is 55.1 Å². The van der Waals surface area contributed by atoms with E-state index >= 15 is 0 Å². The summed E-state index contributed by atoms with van der Waals surface area (Å²) in [5, 5.41) is 5.31. The first kappa shape index (κ1) is 13.9. The van der Waals surface area contributed by atoms with Crippen LogP contribution in [-0.4, -0.2) is 12.5 Å². The first-order valence-corrected chi connectivity index (χ1v) is 7.20. The van der Waals surface area contributed by atoms with Gasteiger partial charge in [-0.25, -0.2) is 0 Å². The van der Waals surface area contributed by atoms with Crippen molar-refractivity contribution in [2.45, 2.75) is 13.3 Å². The monoisotopic (exact) mass is 294 g/mol. The maximum Gasteiger partial charge on any atom is 0.262 e. The van der Waals surface area contributed by atoms with Crippen LogP contribution < -0.4 is 11.1 Å². The minimum Gasteiger partial charge on any atom is -0.399 e. The number of nitrogens with one attached hydrogen (secondary N) is 1. The lowest BCUT2D eigenvalue weighted by Crippen LogP contribution is -2.25. The molecule has 0 aliphatic carbocycles. The second-order valence-corrected chi connectivity index (χ2v) is 5.57. The molecule has 0 radical (unpaired) electrons. The Morgan fingerprint density at radius 1 is 1.37 bits per heavy atom. The fourth-order valence-corrected chi connectivity index (χ4v) is 2.86. The van der Waals surface area contributed by atoms with Gasteiger partial charge in [0.1, 0.15) is 4.88 Å². The van der Waals surface area contributed by atoms with E-state index in [0.717, 1.165) is 23.2 Å². The van der Waals surface area contributed by atoms with Gasteiger partial charge in [-0.05, 0) is 42.0 Å². The van der Waals surface area contributed by atoms with E-state index in [2.05, 4.69) is 5.32 Å². The third-order valence-electron chi connectivity index (χ3n) is 2.78. The Morgan fingerprint density at radius 2 is 2.05 bits per heavy atom. The van der Waals surface area contributed by atoms with Gasteiger partial charge in [0.2, 0.25) is 0 Å². The number of halogens is 1. The molecule has 100 valence electrons. The third kappa shape index (κ3) is 3.49. The van der Waals surface area contributed by atoms with Crippen LogP contribution in [0.3, 0.4) is 0 Å². The normalized spacial score (nSPS) is 10.4. The number of carbonyl (C=O) groups excluding carboxylic acids is 1. The average Bonchev–Trinajstić information content (AvgIpc) is 2.72. The number of aryl methyl sites for hydroxylation is 1. The Morgan fingerprint density at radius 3 is 2.63 bits per heavy atom. The summed E-state index contributed by atoms with van der Waals surface area (Å²) in [7, 11) is 0. The van der Waals surface area contributed by atoms with Crippen molar-refractivity contribution in [3.63, 3.8) is 0 Å². The van der Waals surface area contributed by atoms with Crippen molar-refractivity contribution in [3.05, 3.63) is 50.7 Å². The van der Waals surface area contributed by atoms with E-state index in [-0.39, 0.29) is 5.91 Å². The van der Waals surface area contributed by atoms with Crippen LogP contribution in [0.15, 0.2) is 29.6 Å². The molecule has 2 rings (SSSR count). The zero-order valence-corrected chi connectivity index (χ0v) is 12.1. The fraction of sp³-hybridized carbons (Fsp3) is 0.214. The molecule has 0 aliphatic heterocycles. The van der Waals surface area contributed by atoms with Crippen molar-refractivity contribution in [2.75, 3.05) is 12.3 Å². The van der Waals surface area contributed by atoms with E-state index in [1.54, 1.807) is 0 Å². The van der Waals surface area contributed by atoms with Crippen molar-refractivity contribution in [1.82, 2.24) is 5.32 Å². The highest BCUT2D eigenvalue weighted by Crippen LogP contribution is 2.26. The molecule has 1 amide bonds. The number of nitrogen functional groups attached to an aromatic ring is 1. The smallest absolute Gasteiger partial charge is 0.262 e. The van der Waals surface area contributed by atoms with Crippen LogP contribution in [0.25, 0.3) is 0 Å². The van der Waals surface area contributed by atoms with Gasteiger partial charge in [0.25, 0.3) is 5.91 Å². The van der Waals surface area contributed by atoms with E-state index in [1.807, 2.05) is 36.6 Å². The third-order valence-corrected chi connectivity index (χ3v) is 4.48. The highest BCUT2D eigenvalue weighted by molar-refractivity contribution is 7.13. The van der Waals surface area contributed by atoms with Crippen molar-refractivity contribution in [3.8, 4) is 0 Å². The predicted molar refractivity (Wildman–Crippen MR) is 81.0 cm³/mol. The van der Waals surface area contributed by atoms with Crippen LogP contribution in [0.5, 0.6) is 0 Å². The van der Waals surface area contributed by atoms with Crippen molar-refractivity contribution in [1.29, 1.82) is 0 Å². The lowest BCUT2D eigenvalue weighted by Gasteiger charge is -2.05. The van der Waals surface area contributed by atoms with Gasteiger partial charge in [-0.1, -0.05) is 23.7 Å². The summed E-state index contributed by atoms with van der Waals surface area (Å²) in [6.45, 7) is 2.47. The molecule has 0 saturated heterocycles. The summed E-state index contributed by atoms with van der Waals surface area (Å²) in [5.74, 6) is -0.112. The number of nitrogens with two attached hydrogens (primary N) is 1. The zero-order chi connectivity index (χ0) is 13.8. The number of amides is 1. The molecular weight excluding hydrogens is 280 g/mol. The van der Waals surface area contributed by atoms with Crippen LogP contribution in [0, 0.1) is 6.92 Å². The van der Waals surface area contributed by atoms with Crippen molar-refractivity contribution >= 4 is 34.5 Å². The number of anilines is 1. The molecule has 2 aromatic rings. The molecule has 3 N–H and O–H groups in total. The van der Waals surface area contributed by atoms with E-state index in [4.69, 9.17) is 17.3 Å². The molecular formula is C14H15ClN2OS. The van der Waals surface area contributed by atoms with Gasteiger partial charge in [-0.3, -0.25) is 4.79 Å². The molecule has 1 aromatic heterocycles. The molecule has 0 aliphatic rings. The van der Waals surface area contributed by atoms with Crippen LogP contribution in [0.1, 0.15) is 20.8 Å². The standard InChI is InChI=1S/C14H15ClN2OS/c1-9-8-19-13(12(9)15)14(18)17-7-6-10-2-4-11(16)5-3-10/h2-5,8H,6-7,16H2,1H3,(H,17,18). The van der Waals surface area contributed by atoms with Gasteiger partial charge in [0.05, 0.1) is 5.02 Å². The summed E-state index contributed by atoms with van der Waals surface area (Å²) in [6.07, 6.45) is 0.772. The molecule has 0 fully saturated rings. The average molecular weight is 295 g/mol. The van der Waals surface area contributed by atoms with Gasteiger partial charge in [0.15, 0.2) is 0 Å². The van der Waals surface area contributed by atoms with Gasteiger partial charge >= 0.3 is 0 Å². The minimum absolute atomic E-state index is 0.112. The Hall–Kier alpha value is -1.52. The van der Waals surface area contributed by atoms with Crippen LogP contribution in [0.2, 0.25) is 5.02 Å². The Labute approximate surface area is 121 Å². The lowest BCUT2D eigenvalue weighted by atomic mass is 10.1. The predicted octanol–water partition coefficient (Wildman–Crippen LogP) is 3.26. The second kappa shape index (κ2) is 6.08. The van der Waals surface area contributed by atoms with E-state index in [0.29, 0.717) is 16.4 Å². The molecule has 1 aromatic carbocycles. The zero-order valence-electron chi connectivity index (χ0n) is 10.6. The molecule has 19 heavy (non-hydrogen) atoms. The molecule has 0 unspecified atom stereocenters. The molecule has 0 atom stereocenters. The summed E-state index contributed by atoms with van der Waals surface area (Å²) < 4.78 is 0. The van der Waals surface area contributed by atoms with Crippen LogP contribution >= 0.6 is 22.9 Å².